The van der Waals surface area contributed by atoms with Crippen LogP contribution in [0.2, 0.25) is 0 Å². The summed E-state index contributed by atoms with van der Waals surface area (Å²) in [6, 6.07) is 1.86. The van der Waals surface area contributed by atoms with Gasteiger partial charge in [-0.15, -0.1) is 0 Å². The predicted molar refractivity (Wildman–Crippen MR) is 71.1 cm³/mol. The molecule has 3 heterocycles. The van der Waals surface area contributed by atoms with Gasteiger partial charge in [0.05, 0.1) is 11.2 Å². The lowest BCUT2D eigenvalue weighted by Crippen LogP contribution is -2.57. The third-order valence-electron chi connectivity index (χ3n) is 3.85. The zero-order valence-electron chi connectivity index (χ0n) is 10.6. The molecule has 0 radical (unpaired) electrons. The van der Waals surface area contributed by atoms with E-state index in [0.29, 0.717) is 19.6 Å². The van der Waals surface area contributed by atoms with E-state index < -0.39 is 0 Å². The summed E-state index contributed by atoms with van der Waals surface area (Å²) < 4.78 is 5.69. The van der Waals surface area contributed by atoms with Crippen LogP contribution in [0, 0.1) is 0 Å². The van der Waals surface area contributed by atoms with Crippen LogP contribution in [0.4, 0.5) is 0 Å². The lowest BCUT2D eigenvalue weighted by atomic mass is 9.90. The zero-order chi connectivity index (χ0) is 13.3. The molecule has 6 heteroatoms. The number of hydrogen-bond acceptors (Lipinski definition) is 4. The first-order valence-corrected chi connectivity index (χ1v) is 7.35. The first kappa shape index (κ1) is 12.6. The summed E-state index contributed by atoms with van der Waals surface area (Å²) in [5.41, 5.74) is 0.498. The third-order valence-corrected chi connectivity index (χ3v) is 4.53. The van der Waals surface area contributed by atoms with Gasteiger partial charge in [-0.25, -0.2) is 0 Å². The summed E-state index contributed by atoms with van der Waals surface area (Å²) in [6.45, 7) is 2.07. The van der Waals surface area contributed by atoms with Gasteiger partial charge >= 0.3 is 0 Å². The molecule has 1 aromatic heterocycles. The minimum absolute atomic E-state index is 0.0533. The van der Waals surface area contributed by atoms with Crippen molar-refractivity contribution in [1.29, 1.82) is 0 Å². The average Bonchev–Trinajstić information content (AvgIpc) is 2.97. The van der Waals surface area contributed by atoms with Crippen LogP contribution < -0.4 is 5.32 Å². The Hall–Kier alpha value is -1.40. The Balaban J connectivity index is 1.60. The van der Waals surface area contributed by atoms with Crippen LogP contribution in [0.25, 0.3) is 0 Å². The topological polar surface area (TPSA) is 58.6 Å². The van der Waals surface area contributed by atoms with Crippen molar-refractivity contribution in [1.82, 2.24) is 10.2 Å². The summed E-state index contributed by atoms with van der Waals surface area (Å²) in [5.74, 6) is 0.0401. The minimum atomic E-state index is -0.265. The molecule has 5 nitrogen and oxygen atoms in total. The summed E-state index contributed by atoms with van der Waals surface area (Å²) in [4.78, 5) is 25.2. The normalized spacial score (nSPS) is 22.3. The van der Waals surface area contributed by atoms with E-state index in [1.807, 2.05) is 21.7 Å². The van der Waals surface area contributed by atoms with Crippen LogP contribution >= 0.6 is 11.3 Å². The second kappa shape index (κ2) is 4.94. The number of likely N-dealkylation sites (tertiary alicyclic amines) is 1. The number of morpholine rings is 1. The highest BCUT2D eigenvalue weighted by molar-refractivity contribution is 7.08. The molecule has 3 rings (SSSR count). The van der Waals surface area contributed by atoms with Crippen molar-refractivity contribution in [3.8, 4) is 0 Å². The first-order valence-electron chi connectivity index (χ1n) is 6.41. The van der Waals surface area contributed by atoms with Crippen molar-refractivity contribution in [2.75, 3.05) is 26.2 Å². The molecule has 2 aliphatic rings. The van der Waals surface area contributed by atoms with Crippen molar-refractivity contribution in [3.63, 3.8) is 0 Å². The molecule has 1 N–H and O–H groups in total. The predicted octanol–water partition coefficient (Wildman–Crippen LogP) is 0.869. The second-order valence-electron chi connectivity index (χ2n) is 5.05. The minimum Gasteiger partial charge on any atom is -0.363 e. The van der Waals surface area contributed by atoms with E-state index in [2.05, 4.69) is 5.32 Å². The molecule has 2 aliphatic heterocycles. The van der Waals surface area contributed by atoms with Gasteiger partial charge in [0.15, 0.2) is 0 Å². The van der Waals surface area contributed by atoms with Gasteiger partial charge < -0.3 is 15.0 Å². The molecule has 0 unspecified atom stereocenters. The fraction of sp³-hybridized carbons (Fsp3) is 0.538. The SMILES string of the molecule is O=C1COC2(CCN(C(=O)c3ccsc3)CC2)CN1. The zero-order valence-corrected chi connectivity index (χ0v) is 11.4. The van der Waals surface area contributed by atoms with Gasteiger partial charge in [0.25, 0.3) is 5.91 Å². The van der Waals surface area contributed by atoms with Gasteiger partial charge in [-0.1, -0.05) is 0 Å². The van der Waals surface area contributed by atoms with Gasteiger partial charge in [0.2, 0.25) is 5.91 Å². The number of amides is 2. The number of carbonyl (C=O) groups is 2. The standard InChI is InChI=1S/C13H16N2O3S/c16-11-7-18-13(9-14-11)2-4-15(5-3-13)12(17)10-1-6-19-8-10/h1,6,8H,2-5,7,9H2,(H,14,16). The molecule has 1 spiro atoms. The fourth-order valence-electron chi connectivity index (χ4n) is 2.59. The number of nitrogens with zero attached hydrogens (tertiary/aromatic N) is 1. The summed E-state index contributed by atoms with van der Waals surface area (Å²) in [6.07, 6.45) is 1.56. The molecule has 2 amide bonds. The van der Waals surface area contributed by atoms with Crippen molar-refractivity contribution >= 4 is 23.2 Å². The van der Waals surface area contributed by atoms with E-state index in [-0.39, 0.29) is 24.0 Å². The van der Waals surface area contributed by atoms with E-state index in [9.17, 15) is 9.59 Å². The van der Waals surface area contributed by atoms with Crippen LogP contribution in [0.3, 0.4) is 0 Å². The molecule has 102 valence electrons. The molecule has 0 atom stereocenters. The Morgan fingerprint density at radius 2 is 2.21 bits per heavy atom. The summed E-state index contributed by atoms with van der Waals surface area (Å²) in [7, 11) is 0. The van der Waals surface area contributed by atoms with Gasteiger partial charge in [0.1, 0.15) is 6.61 Å². The highest BCUT2D eigenvalue weighted by Gasteiger charge is 2.40. The smallest absolute Gasteiger partial charge is 0.254 e. The van der Waals surface area contributed by atoms with Crippen LogP contribution in [-0.2, 0) is 9.53 Å². The number of thiophene rings is 1. The van der Waals surface area contributed by atoms with E-state index in [0.717, 1.165) is 18.4 Å². The fourth-order valence-corrected chi connectivity index (χ4v) is 3.22. The van der Waals surface area contributed by atoms with Crippen LogP contribution in [-0.4, -0.2) is 48.6 Å². The largest absolute Gasteiger partial charge is 0.363 e. The van der Waals surface area contributed by atoms with Gasteiger partial charge in [-0.05, 0) is 24.3 Å². The first-order chi connectivity index (χ1) is 9.19. The molecule has 0 bridgehead atoms. The quantitative estimate of drug-likeness (QED) is 0.830. The Kier molecular flexibility index (Phi) is 3.28. The molecule has 19 heavy (non-hydrogen) atoms. The molecule has 0 aliphatic carbocycles. The maximum atomic E-state index is 12.2. The Bertz CT molecular complexity index is 466. The third kappa shape index (κ3) is 2.50. The Morgan fingerprint density at radius 1 is 1.42 bits per heavy atom. The van der Waals surface area contributed by atoms with E-state index in [1.165, 1.54) is 11.3 Å². The van der Waals surface area contributed by atoms with Crippen LogP contribution in [0.5, 0.6) is 0 Å². The van der Waals surface area contributed by atoms with Gasteiger partial charge in [-0.2, -0.15) is 11.3 Å². The maximum Gasteiger partial charge on any atom is 0.254 e. The Labute approximate surface area is 115 Å². The molecule has 0 saturated carbocycles. The van der Waals surface area contributed by atoms with Crippen LogP contribution in [0.15, 0.2) is 16.8 Å². The molecule has 1 aromatic rings. The molecule has 2 saturated heterocycles. The number of hydrogen-bond donors (Lipinski definition) is 1. The second-order valence-corrected chi connectivity index (χ2v) is 5.83. The number of nitrogens with one attached hydrogen (secondary N) is 1. The average molecular weight is 280 g/mol. The molecule has 0 aromatic carbocycles. The Morgan fingerprint density at radius 3 is 2.79 bits per heavy atom. The molecule has 2 fully saturated rings. The number of carbonyl (C=O) groups excluding carboxylic acids is 2. The number of rotatable bonds is 1. The number of ether oxygens (including phenoxy) is 1. The monoisotopic (exact) mass is 280 g/mol. The molecular formula is C13H16N2O3S. The van der Waals surface area contributed by atoms with E-state index in [4.69, 9.17) is 4.74 Å². The lowest BCUT2D eigenvalue weighted by Gasteiger charge is -2.43. The number of piperidine rings is 1. The van der Waals surface area contributed by atoms with E-state index in [1.54, 1.807) is 0 Å². The van der Waals surface area contributed by atoms with Crippen molar-refractivity contribution < 1.29 is 14.3 Å². The van der Waals surface area contributed by atoms with E-state index >= 15 is 0 Å². The van der Waals surface area contributed by atoms with Crippen molar-refractivity contribution in [2.45, 2.75) is 18.4 Å². The molecular weight excluding hydrogens is 264 g/mol. The highest BCUT2D eigenvalue weighted by Crippen LogP contribution is 2.28. The summed E-state index contributed by atoms with van der Waals surface area (Å²) >= 11 is 1.53. The lowest BCUT2D eigenvalue weighted by molar-refractivity contribution is -0.149. The summed E-state index contributed by atoms with van der Waals surface area (Å²) in [5, 5.41) is 6.64. The van der Waals surface area contributed by atoms with Crippen LogP contribution in [0.1, 0.15) is 23.2 Å². The van der Waals surface area contributed by atoms with Crippen molar-refractivity contribution in [2.24, 2.45) is 0 Å². The van der Waals surface area contributed by atoms with Crippen molar-refractivity contribution in [3.05, 3.63) is 22.4 Å². The maximum absolute atomic E-state index is 12.2. The van der Waals surface area contributed by atoms with Gasteiger partial charge in [0, 0.05) is 25.0 Å². The highest BCUT2D eigenvalue weighted by atomic mass is 32.1. The van der Waals surface area contributed by atoms with Gasteiger partial charge in [-0.3, -0.25) is 9.59 Å².